The van der Waals surface area contributed by atoms with Crippen molar-refractivity contribution in [3.05, 3.63) is 0 Å². The molecule has 0 aliphatic carbocycles. The van der Waals surface area contributed by atoms with Gasteiger partial charge in [-0.15, -0.1) is 12.3 Å². The lowest BCUT2D eigenvalue weighted by molar-refractivity contribution is -0.145. The average Bonchev–Trinajstić information content (AvgIpc) is 2.02. The van der Waals surface area contributed by atoms with Gasteiger partial charge in [-0.3, -0.25) is 4.79 Å². The molecule has 0 aromatic rings. The van der Waals surface area contributed by atoms with E-state index < -0.39 is 12.0 Å². The molecule has 0 aromatic carbocycles. The maximum absolute atomic E-state index is 11.2. The van der Waals surface area contributed by atoms with E-state index in [0.717, 1.165) is 6.42 Å². The monoisotopic (exact) mass is 197 g/mol. The fraction of sp³-hybridized carbons (Fsp3) is 0.727. The molecule has 3 nitrogen and oxygen atoms in total. The summed E-state index contributed by atoms with van der Waals surface area (Å²) in [4.78, 5) is 11.2. The Morgan fingerprint density at radius 2 is 2.14 bits per heavy atom. The van der Waals surface area contributed by atoms with Crippen molar-refractivity contribution in [3.63, 3.8) is 0 Å². The third-order valence-corrected chi connectivity index (χ3v) is 1.74. The summed E-state index contributed by atoms with van der Waals surface area (Å²) >= 11 is 0. The van der Waals surface area contributed by atoms with Gasteiger partial charge in [0.1, 0.15) is 6.04 Å². The first kappa shape index (κ1) is 13.0. The van der Waals surface area contributed by atoms with E-state index in [2.05, 4.69) is 26.7 Å². The molecule has 0 saturated heterocycles. The Hall–Kier alpha value is -1.01. The zero-order valence-electron chi connectivity index (χ0n) is 9.17. The highest BCUT2D eigenvalue weighted by Crippen LogP contribution is 2.17. The van der Waals surface area contributed by atoms with Crippen LogP contribution in [0, 0.1) is 17.8 Å². The second-order valence-electron chi connectivity index (χ2n) is 4.49. The number of ether oxygens (including phenoxy) is 1. The lowest BCUT2D eigenvalue weighted by Gasteiger charge is -2.18. The molecular weight excluding hydrogens is 178 g/mol. The Morgan fingerprint density at radius 1 is 1.57 bits per heavy atom. The lowest BCUT2D eigenvalue weighted by Crippen LogP contribution is -2.32. The molecule has 0 radical (unpaired) electrons. The summed E-state index contributed by atoms with van der Waals surface area (Å²) in [6.07, 6.45) is 6.08. The van der Waals surface area contributed by atoms with Crippen LogP contribution in [0.15, 0.2) is 0 Å². The molecule has 0 aromatic heterocycles. The molecule has 0 amide bonds. The van der Waals surface area contributed by atoms with Crippen molar-refractivity contribution in [3.8, 4) is 12.3 Å². The van der Waals surface area contributed by atoms with Crippen LogP contribution in [-0.2, 0) is 9.53 Å². The van der Waals surface area contributed by atoms with Gasteiger partial charge < -0.3 is 10.5 Å². The number of nitrogens with two attached hydrogens (primary N) is 1. The summed E-state index contributed by atoms with van der Waals surface area (Å²) in [6, 6.07) is -0.681. The number of esters is 1. The van der Waals surface area contributed by atoms with Crippen molar-refractivity contribution in [2.24, 2.45) is 11.1 Å². The van der Waals surface area contributed by atoms with E-state index in [0.29, 0.717) is 6.61 Å². The number of hydrogen-bond acceptors (Lipinski definition) is 3. The summed E-state index contributed by atoms with van der Waals surface area (Å²) < 4.78 is 4.97. The second kappa shape index (κ2) is 5.66. The van der Waals surface area contributed by atoms with Crippen molar-refractivity contribution in [1.29, 1.82) is 0 Å². The van der Waals surface area contributed by atoms with Gasteiger partial charge in [-0.25, -0.2) is 0 Å². The molecule has 14 heavy (non-hydrogen) atoms. The summed E-state index contributed by atoms with van der Waals surface area (Å²) in [5.74, 6) is 1.92. The van der Waals surface area contributed by atoms with Crippen LogP contribution in [0.3, 0.4) is 0 Å². The van der Waals surface area contributed by atoms with Crippen LogP contribution in [0.25, 0.3) is 0 Å². The van der Waals surface area contributed by atoms with Gasteiger partial charge in [-0.1, -0.05) is 20.8 Å². The number of carbonyl (C=O) groups is 1. The van der Waals surface area contributed by atoms with Gasteiger partial charge in [0, 0.05) is 6.42 Å². The topological polar surface area (TPSA) is 52.3 Å². The normalized spacial score (nSPS) is 13.1. The molecule has 3 heteroatoms. The molecule has 80 valence electrons. The van der Waals surface area contributed by atoms with Gasteiger partial charge in [0.2, 0.25) is 0 Å². The second-order valence-corrected chi connectivity index (χ2v) is 4.49. The van der Waals surface area contributed by atoms with E-state index in [1.807, 2.05) is 0 Å². The number of rotatable bonds is 4. The van der Waals surface area contributed by atoms with Crippen molar-refractivity contribution in [2.75, 3.05) is 6.61 Å². The number of carbonyl (C=O) groups excluding carboxylic acids is 1. The highest BCUT2D eigenvalue weighted by atomic mass is 16.5. The Bertz CT molecular complexity index is 222. The summed E-state index contributed by atoms with van der Waals surface area (Å²) in [5.41, 5.74) is 5.62. The molecule has 0 fully saturated rings. The molecule has 0 bridgehead atoms. The quantitative estimate of drug-likeness (QED) is 0.546. The van der Waals surface area contributed by atoms with E-state index in [1.165, 1.54) is 0 Å². The molecule has 0 saturated carbocycles. The Kier molecular flexibility index (Phi) is 5.26. The molecule has 2 N–H and O–H groups in total. The van der Waals surface area contributed by atoms with Crippen molar-refractivity contribution >= 4 is 5.97 Å². The molecule has 1 unspecified atom stereocenters. The van der Waals surface area contributed by atoms with E-state index >= 15 is 0 Å². The average molecular weight is 197 g/mol. The molecule has 0 rings (SSSR count). The fourth-order valence-corrected chi connectivity index (χ4v) is 0.775. The van der Waals surface area contributed by atoms with Gasteiger partial charge in [0.15, 0.2) is 0 Å². The van der Waals surface area contributed by atoms with Crippen LogP contribution in [0.4, 0.5) is 0 Å². The number of hydrogen-bond donors (Lipinski definition) is 1. The maximum Gasteiger partial charge on any atom is 0.323 e. The van der Waals surface area contributed by atoms with Crippen molar-refractivity contribution in [2.45, 2.75) is 39.7 Å². The molecule has 0 heterocycles. The highest BCUT2D eigenvalue weighted by molar-refractivity contribution is 5.75. The minimum atomic E-state index is -0.681. The van der Waals surface area contributed by atoms with Gasteiger partial charge in [0.25, 0.3) is 0 Å². The first-order valence-electron chi connectivity index (χ1n) is 4.72. The molecule has 0 aliphatic heterocycles. The van der Waals surface area contributed by atoms with E-state index in [1.54, 1.807) is 0 Å². The van der Waals surface area contributed by atoms with Gasteiger partial charge in [-0.2, -0.15) is 0 Å². The van der Waals surface area contributed by atoms with Gasteiger partial charge in [0.05, 0.1) is 6.61 Å². The first-order valence-corrected chi connectivity index (χ1v) is 4.72. The van der Waals surface area contributed by atoms with E-state index in [-0.39, 0.29) is 11.8 Å². The van der Waals surface area contributed by atoms with Gasteiger partial charge in [-0.05, 0) is 11.8 Å². The Labute approximate surface area is 86.0 Å². The van der Waals surface area contributed by atoms with E-state index in [4.69, 9.17) is 16.9 Å². The van der Waals surface area contributed by atoms with Crippen molar-refractivity contribution in [1.82, 2.24) is 0 Å². The van der Waals surface area contributed by atoms with Crippen LogP contribution in [0.1, 0.15) is 33.6 Å². The SMILES string of the molecule is C#CCC(N)C(=O)OCCC(C)(C)C. The predicted molar refractivity (Wildman–Crippen MR) is 56.5 cm³/mol. The smallest absolute Gasteiger partial charge is 0.323 e. The molecule has 0 aliphatic rings. The van der Waals surface area contributed by atoms with Crippen molar-refractivity contribution < 1.29 is 9.53 Å². The first-order chi connectivity index (χ1) is 6.37. The third kappa shape index (κ3) is 6.50. The summed E-state index contributed by atoms with van der Waals surface area (Å²) in [6.45, 7) is 6.66. The Morgan fingerprint density at radius 3 is 2.57 bits per heavy atom. The number of terminal acetylenes is 1. The van der Waals surface area contributed by atoms with Crippen LogP contribution in [0.2, 0.25) is 0 Å². The van der Waals surface area contributed by atoms with Gasteiger partial charge >= 0.3 is 5.97 Å². The minimum absolute atomic E-state index is 0.163. The zero-order valence-corrected chi connectivity index (χ0v) is 9.17. The van der Waals surface area contributed by atoms with Crippen LogP contribution < -0.4 is 5.73 Å². The molecule has 1 atom stereocenters. The predicted octanol–water partition coefficient (Wildman–Crippen LogP) is 1.32. The molecule has 0 spiro atoms. The third-order valence-electron chi connectivity index (χ3n) is 1.74. The standard InChI is InChI=1S/C11H19NO2/c1-5-6-9(12)10(13)14-8-7-11(2,3)4/h1,9H,6-8,12H2,2-4H3. The Balaban J connectivity index is 3.71. The van der Waals surface area contributed by atoms with Crippen LogP contribution in [0.5, 0.6) is 0 Å². The minimum Gasteiger partial charge on any atom is -0.464 e. The summed E-state index contributed by atoms with van der Waals surface area (Å²) in [5, 5.41) is 0. The van der Waals surface area contributed by atoms with Crippen LogP contribution >= 0.6 is 0 Å². The maximum atomic E-state index is 11.2. The van der Waals surface area contributed by atoms with E-state index in [9.17, 15) is 4.79 Å². The lowest BCUT2D eigenvalue weighted by atomic mass is 9.93. The molecular formula is C11H19NO2. The van der Waals surface area contributed by atoms with Crippen LogP contribution in [-0.4, -0.2) is 18.6 Å². The highest BCUT2D eigenvalue weighted by Gasteiger charge is 2.15. The largest absolute Gasteiger partial charge is 0.464 e. The summed E-state index contributed by atoms with van der Waals surface area (Å²) in [7, 11) is 0. The fourth-order valence-electron chi connectivity index (χ4n) is 0.775. The zero-order chi connectivity index (χ0) is 11.2.